The zero-order chi connectivity index (χ0) is 44.4. The Bertz CT molecular complexity index is 2390. The van der Waals surface area contributed by atoms with E-state index in [2.05, 4.69) is 84.5 Å². The Hall–Kier alpha value is -4.21. The molecule has 0 radical (unpaired) electrons. The maximum Gasteiger partial charge on any atom is 0.324 e. The highest BCUT2D eigenvalue weighted by atomic mass is 32.1. The van der Waals surface area contributed by atoms with Gasteiger partial charge < -0.3 is 24.1 Å². The molecule has 2 saturated heterocycles. The van der Waals surface area contributed by atoms with Gasteiger partial charge in [0.15, 0.2) is 0 Å². The van der Waals surface area contributed by atoms with Crippen molar-refractivity contribution >= 4 is 40.0 Å². The second-order valence-corrected chi connectivity index (χ2v) is 21.4. The van der Waals surface area contributed by atoms with E-state index in [0.717, 1.165) is 84.3 Å². The second kappa shape index (κ2) is 17.5. The van der Waals surface area contributed by atoms with Crippen LogP contribution in [0.4, 0.5) is 0 Å². The number of thiazole rings is 1. The minimum Gasteiger partial charge on any atom is -0.464 e. The largest absolute Gasteiger partial charge is 0.464 e. The number of esters is 1. The number of cyclic esters (lactones) is 1. The Kier molecular flexibility index (Phi) is 12.0. The van der Waals surface area contributed by atoms with Crippen LogP contribution in [-0.4, -0.2) is 99.8 Å². The standard InChI is InChI=1S/C50H65N7O6S/c1-28-29(2)41(28)46(58)53-43-45(63-34-12-8-7-9-13-34)47-52-39(26-64-47)31-16-19-40-36(22-31)37(23-50(4,5)27-62-49(60)38-15-11-21-56(54-38)48(43)59)44(35-14-10-20-51-42(35)30(3)61-6)57(40)33-24-55(25-33)32-17-18-32/h10,14,16,19-20,22,26,28-30,32-34,38,41,43,45,54H,7-9,11-13,15,17-18,21,23-25,27H2,1-6H3,(H,53,58)/t28-,29+,30-,38-,41?,43-,45-/m0/s1. The van der Waals surface area contributed by atoms with Gasteiger partial charge in [-0.15, -0.1) is 11.3 Å². The van der Waals surface area contributed by atoms with Crippen molar-refractivity contribution in [3.63, 3.8) is 0 Å². The number of hydrogen-bond donors (Lipinski definition) is 2. The third-order valence-corrected chi connectivity index (χ3v) is 16.1. The number of nitrogens with one attached hydrogen (secondary N) is 2. The number of rotatable bonds is 9. The molecule has 64 heavy (non-hydrogen) atoms. The average molecular weight is 892 g/mol. The molecule has 14 heteroatoms. The van der Waals surface area contributed by atoms with Gasteiger partial charge in [-0.1, -0.05) is 53.0 Å². The van der Waals surface area contributed by atoms with Gasteiger partial charge in [-0.2, -0.15) is 0 Å². The van der Waals surface area contributed by atoms with Crippen molar-refractivity contribution in [2.45, 2.75) is 141 Å². The van der Waals surface area contributed by atoms with Crippen molar-refractivity contribution in [3.05, 3.63) is 58.2 Å². The first-order valence-electron chi connectivity index (χ1n) is 23.9. The van der Waals surface area contributed by atoms with Gasteiger partial charge in [0.1, 0.15) is 23.2 Å². The molecule has 5 fully saturated rings. The van der Waals surface area contributed by atoms with E-state index < -0.39 is 29.6 Å². The first kappa shape index (κ1) is 43.7. The number of benzene rings is 1. The van der Waals surface area contributed by atoms with Crippen LogP contribution in [0.2, 0.25) is 0 Å². The molecule has 1 aromatic carbocycles. The first-order chi connectivity index (χ1) is 30.9. The third kappa shape index (κ3) is 8.42. The van der Waals surface area contributed by atoms with Crippen molar-refractivity contribution in [1.29, 1.82) is 0 Å². The molecule has 3 aromatic heterocycles. The smallest absolute Gasteiger partial charge is 0.324 e. The van der Waals surface area contributed by atoms with Crippen LogP contribution in [0.5, 0.6) is 0 Å². The van der Waals surface area contributed by atoms with E-state index in [1.165, 1.54) is 34.8 Å². The molecule has 6 heterocycles. The zero-order valence-electron chi connectivity index (χ0n) is 38.3. The lowest BCUT2D eigenvalue weighted by Gasteiger charge is -2.42. The molecule has 342 valence electrons. The lowest BCUT2D eigenvalue weighted by Crippen LogP contribution is -2.61. The number of carbonyl (C=O) groups excluding carboxylic acids is 3. The summed E-state index contributed by atoms with van der Waals surface area (Å²) in [6, 6.07) is 10.1. The Morgan fingerprint density at radius 1 is 1.02 bits per heavy atom. The van der Waals surface area contributed by atoms with Crippen LogP contribution >= 0.6 is 11.3 Å². The van der Waals surface area contributed by atoms with E-state index in [0.29, 0.717) is 36.9 Å². The molecule has 1 unspecified atom stereocenters. The molecule has 3 aliphatic heterocycles. The highest BCUT2D eigenvalue weighted by Gasteiger charge is 2.51. The number of likely N-dealkylation sites (tertiary alicyclic amines) is 1. The van der Waals surface area contributed by atoms with E-state index in [1.54, 1.807) is 7.11 Å². The maximum absolute atomic E-state index is 15.0. The van der Waals surface area contributed by atoms with Crippen LogP contribution < -0.4 is 10.7 Å². The Morgan fingerprint density at radius 2 is 1.80 bits per heavy atom. The number of amides is 2. The summed E-state index contributed by atoms with van der Waals surface area (Å²) in [6.45, 7) is 13.1. The van der Waals surface area contributed by atoms with E-state index in [1.807, 2.05) is 12.3 Å². The summed E-state index contributed by atoms with van der Waals surface area (Å²) in [6.07, 6.45) is 9.99. The second-order valence-electron chi connectivity index (χ2n) is 20.5. The fraction of sp³-hybridized carbons (Fsp3) is 0.620. The molecule has 13 nitrogen and oxygen atoms in total. The van der Waals surface area contributed by atoms with Crippen molar-refractivity contribution in [2.75, 3.05) is 33.4 Å². The predicted molar refractivity (Wildman–Crippen MR) is 246 cm³/mol. The highest BCUT2D eigenvalue weighted by Crippen LogP contribution is 2.48. The zero-order valence-corrected chi connectivity index (χ0v) is 39.1. The number of methoxy groups -OCH3 is 1. The summed E-state index contributed by atoms with van der Waals surface area (Å²) in [7, 11) is 1.73. The summed E-state index contributed by atoms with van der Waals surface area (Å²) in [5.41, 5.74) is 9.91. The minimum absolute atomic E-state index is 0.0760. The number of nitrogens with zero attached hydrogens (tertiary/aromatic N) is 5. The molecule has 10 rings (SSSR count). The molecule has 3 aliphatic carbocycles. The number of fused-ring (bicyclic) bond motifs is 6. The third-order valence-electron chi connectivity index (χ3n) is 15.2. The van der Waals surface area contributed by atoms with Crippen LogP contribution in [0.1, 0.15) is 127 Å². The lowest BCUT2D eigenvalue weighted by molar-refractivity contribution is -0.157. The fourth-order valence-electron chi connectivity index (χ4n) is 10.9. The molecule has 0 spiro atoms. The molecular formula is C50H65N7O6S. The summed E-state index contributed by atoms with van der Waals surface area (Å²) in [5.74, 6) is -0.611. The van der Waals surface area contributed by atoms with Crippen LogP contribution in [0.3, 0.4) is 0 Å². The number of carbonyl (C=O) groups is 3. The first-order valence-corrected chi connectivity index (χ1v) is 24.8. The van der Waals surface area contributed by atoms with Gasteiger partial charge in [0.25, 0.3) is 5.91 Å². The minimum atomic E-state index is -1.06. The Morgan fingerprint density at radius 3 is 2.53 bits per heavy atom. The number of hydrazine groups is 1. The monoisotopic (exact) mass is 891 g/mol. The van der Waals surface area contributed by atoms with Crippen LogP contribution in [-0.2, 0) is 35.0 Å². The Balaban J connectivity index is 1.13. The Labute approximate surface area is 381 Å². The average Bonchev–Trinajstić information content (AvgIpc) is 4.13. The van der Waals surface area contributed by atoms with Crippen LogP contribution in [0.15, 0.2) is 41.9 Å². The molecule has 2 N–H and O–H groups in total. The highest BCUT2D eigenvalue weighted by molar-refractivity contribution is 7.10. The molecule has 7 atom stereocenters. The molecule has 6 aliphatic rings. The number of aromatic nitrogens is 3. The van der Waals surface area contributed by atoms with Gasteiger partial charge in [-0.25, -0.2) is 10.4 Å². The fourth-order valence-corrected chi connectivity index (χ4v) is 11.8. The number of ether oxygens (including phenoxy) is 3. The van der Waals surface area contributed by atoms with Crippen molar-refractivity contribution < 1.29 is 28.6 Å². The molecular weight excluding hydrogens is 827 g/mol. The summed E-state index contributed by atoms with van der Waals surface area (Å²) in [4.78, 5) is 56.0. The van der Waals surface area contributed by atoms with Crippen LogP contribution in [0.25, 0.3) is 33.4 Å². The SMILES string of the molecule is CO[C@@H](C)c1ncccc1-c1c2c3cc(ccc3n1C1CN(C3CC3)C1)-c1csc(n1)[C@@H](OC1CCCCC1)[C@H](NC(=O)C1[C@@H](C)[C@H]1C)C(=O)N1CCC[C@H](N1)C(=O)OCC(C)(C)C2. The van der Waals surface area contributed by atoms with Gasteiger partial charge in [-0.05, 0) is 93.5 Å². The van der Waals surface area contributed by atoms with Gasteiger partial charge in [-0.3, -0.25) is 29.3 Å². The lowest BCUT2D eigenvalue weighted by atomic mass is 9.84. The van der Waals surface area contributed by atoms with E-state index in [9.17, 15) is 14.4 Å². The molecule has 6 bridgehead atoms. The molecule has 3 saturated carbocycles. The van der Waals surface area contributed by atoms with E-state index in [-0.39, 0.29) is 54.4 Å². The van der Waals surface area contributed by atoms with Crippen molar-refractivity contribution in [3.8, 4) is 22.5 Å². The van der Waals surface area contributed by atoms with Crippen LogP contribution in [0, 0.1) is 23.2 Å². The van der Waals surface area contributed by atoms with Gasteiger partial charge in [0.2, 0.25) is 5.91 Å². The number of hydrogen-bond acceptors (Lipinski definition) is 11. The summed E-state index contributed by atoms with van der Waals surface area (Å²) < 4.78 is 21.8. The van der Waals surface area contributed by atoms with Crippen molar-refractivity contribution in [1.82, 2.24) is 35.2 Å². The van der Waals surface area contributed by atoms with E-state index >= 15 is 0 Å². The van der Waals surface area contributed by atoms with Crippen molar-refractivity contribution in [2.24, 2.45) is 23.2 Å². The normalized spacial score (nSPS) is 28.6. The van der Waals surface area contributed by atoms with Gasteiger partial charge in [0, 0.05) is 77.7 Å². The summed E-state index contributed by atoms with van der Waals surface area (Å²) >= 11 is 1.47. The maximum atomic E-state index is 15.0. The quantitative estimate of drug-likeness (QED) is 0.159. The topological polar surface area (TPSA) is 140 Å². The predicted octanol–water partition coefficient (Wildman–Crippen LogP) is 7.95. The van der Waals surface area contributed by atoms with E-state index in [4.69, 9.17) is 24.2 Å². The van der Waals surface area contributed by atoms with Gasteiger partial charge in [0.05, 0.1) is 41.9 Å². The molecule has 4 aromatic rings. The molecule has 2 amide bonds. The number of pyridine rings is 1. The van der Waals surface area contributed by atoms with Gasteiger partial charge >= 0.3 is 5.97 Å². The summed E-state index contributed by atoms with van der Waals surface area (Å²) in [5, 5.41) is 8.57.